The second-order valence-electron chi connectivity index (χ2n) is 5.99. The van der Waals surface area contributed by atoms with Gasteiger partial charge >= 0.3 is 6.18 Å². The van der Waals surface area contributed by atoms with Crippen molar-refractivity contribution in [1.29, 1.82) is 0 Å². The number of benzene rings is 1. The molecule has 136 valence electrons. The number of halogens is 4. The van der Waals surface area contributed by atoms with Crippen LogP contribution in [0.4, 0.5) is 13.2 Å². The van der Waals surface area contributed by atoms with Crippen LogP contribution in [0.5, 0.6) is 0 Å². The largest absolute Gasteiger partial charge is 0.416 e. The number of hydrogen-bond acceptors (Lipinski definition) is 3. The molecule has 0 atom stereocenters. The van der Waals surface area contributed by atoms with E-state index >= 15 is 0 Å². The van der Waals surface area contributed by atoms with E-state index in [0.717, 1.165) is 17.8 Å². The van der Waals surface area contributed by atoms with Crippen LogP contribution in [0.1, 0.15) is 11.3 Å². The summed E-state index contributed by atoms with van der Waals surface area (Å²) >= 11 is 6.26. The van der Waals surface area contributed by atoms with Gasteiger partial charge in [-0.3, -0.25) is 4.98 Å². The molecule has 0 fully saturated rings. The molecule has 0 aliphatic heterocycles. The minimum Gasteiger partial charge on any atom is -0.339 e. The normalized spacial score (nSPS) is 11.9. The summed E-state index contributed by atoms with van der Waals surface area (Å²) in [6.45, 7) is 0.421. The van der Waals surface area contributed by atoms with Crippen molar-refractivity contribution in [2.45, 2.75) is 12.7 Å². The molecule has 0 amide bonds. The van der Waals surface area contributed by atoms with Crippen molar-refractivity contribution in [2.75, 3.05) is 0 Å². The van der Waals surface area contributed by atoms with Gasteiger partial charge in [0.2, 0.25) is 0 Å². The molecule has 1 aromatic carbocycles. The van der Waals surface area contributed by atoms with E-state index in [9.17, 15) is 13.2 Å². The molecule has 0 saturated carbocycles. The average molecular weight is 389 g/mol. The molecule has 0 aliphatic carbocycles. The smallest absolute Gasteiger partial charge is 0.339 e. The first kappa shape index (κ1) is 17.5. The van der Waals surface area contributed by atoms with Crippen LogP contribution in [0.2, 0.25) is 5.02 Å². The molecular formula is C19H12ClF3N4. The Morgan fingerprint density at radius 1 is 1.04 bits per heavy atom. The molecule has 0 radical (unpaired) electrons. The highest BCUT2D eigenvalue weighted by atomic mass is 35.5. The lowest BCUT2D eigenvalue weighted by Gasteiger charge is -2.09. The molecule has 0 saturated heterocycles. The Hall–Kier alpha value is -2.93. The maximum Gasteiger partial charge on any atom is 0.416 e. The fourth-order valence-electron chi connectivity index (χ4n) is 2.88. The molecule has 0 bridgehead atoms. The van der Waals surface area contributed by atoms with Crippen LogP contribution >= 0.6 is 11.6 Å². The summed E-state index contributed by atoms with van der Waals surface area (Å²) < 4.78 is 40.8. The van der Waals surface area contributed by atoms with Gasteiger partial charge in [0.05, 0.1) is 28.3 Å². The van der Waals surface area contributed by atoms with Crippen LogP contribution in [0.3, 0.4) is 0 Å². The summed E-state index contributed by atoms with van der Waals surface area (Å²) in [6.07, 6.45) is 0.431. The molecule has 0 unspecified atom stereocenters. The lowest BCUT2D eigenvalue weighted by atomic mass is 10.0. The molecule has 3 aromatic heterocycles. The predicted molar refractivity (Wildman–Crippen MR) is 96.3 cm³/mol. The second kappa shape index (κ2) is 6.66. The topological polar surface area (TPSA) is 43.6 Å². The van der Waals surface area contributed by atoms with Crippen LogP contribution < -0.4 is 0 Å². The predicted octanol–water partition coefficient (Wildman–Crippen LogP) is 5.21. The zero-order valence-electron chi connectivity index (χ0n) is 13.8. The van der Waals surface area contributed by atoms with Crippen molar-refractivity contribution in [3.05, 3.63) is 77.3 Å². The molecular weight excluding hydrogens is 377 g/mol. The lowest BCUT2D eigenvalue weighted by Crippen LogP contribution is -2.04. The van der Waals surface area contributed by atoms with Gasteiger partial charge in [-0.25, -0.2) is 0 Å². The maximum atomic E-state index is 13.0. The molecule has 27 heavy (non-hydrogen) atoms. The van der Waals surface area contributed by atoms with Crippen molar-refractivity contribution in [2.24, 2.45) is 0 Å². The first-order valence-corrected chi connectivity index (χ1v) is 8.38. The van der Waals surface area contributed by atoms with Crippen LogP contribution in [0.15, 0.2) is 61.1 Å². The van der Waals surface area contributed by atoms with Gasteiger partial charge in [-0.1, -0.05) is 23.7 Å². The molecule has 0 N–H and O–H groups in total. The third-order valence-electron chi connectivity index (χ3n) is 4.16. The maximum absolute atomic E-state index is 13.0. The molecule has 0 spiro atoms. The van der Waals surface area contributed by atoms with Gasteiger partial charge in [0.25, 0.3) is 0 Å². The Morgan fingerprint density at radius 2 is 1.89 bits per heavy atom. The molecule has 4 aromatic rings. The van der Waals surface area contributed by atoms with E-state index in [1.165, 1.54) is 12.3 Å². The van der Waals surface area contributed by atoms with Crippen LogP contribution in [-0.4, -0.2) is 19.7 Å². The van der Waals surface area contributed by atoms with Gasteiger partial charge in [-0.15, -0.1) is 0 Å². The summed E-state index contributed by atoms with van der Waals surface area (Å²) in [4.78, 5) is 4.34. The summed E-state index contributed by atoms with van der Waals surface area (Å²) in [7, 11) is 0. The lowest BCUT2D eigenvalue weighted by molar-refractivity contribution is -0.137. The van der Waals surface area contributed by atoms with Crippen molar-refractivity contribution < 1.29 is 13.2 Å². The van der Waals surface area contributed by atoms with E-state index in [0.29, 0.717) is 33.7 Å². The first-order valence-electron chi connectivity index (χ1n) is 8.00. The van der Waals surface area contributed by atoms with Crippen molar-refractivity contribution in [3.63, 3.8) is 0 Å². The molecule has 8 heteroatoms. The van der Waals surface area contributed by atoms with Gasteiger partial charge in [0.1, 0.15) is 5.52 Å². The summed E-state index contributed by atoms with van der Waals surface area (Å²) in [5.41, 5.74) is 2.33. The third kappa shape index (κ3) is 3.50. The van der Waals surface area contributed by atoms with E-state index in [1.54, 1.807) is 30.6 Å². The summed E-state index contributed by atoms with van der Waals surface area (Å²) in [5, 5.41) is 8.36. The highest BCUT2D eigenvalue weighted by Crippen LogP contribution is 2.33. The minimum atomic E-state index is -4.40. The number of pyridine rings is 1. The van der Waals surface area contributed by atoms with Gasteiger partial charge in [0.15, 0.2) is 0 Å². The third-order valence-corrected chi connectivity index (χ3v) is 4.43. The van der Waals surface area contributed by atoms with E-state index in [4.69, 9.17) is 11.6 Å². The van der Waals surface area contributed by atoms with Crippen molar-refractivity contribution in [1.82, 2.24) is 19.7 Å². The quantitative estimate of drug-likeness (QED) is 0.483. The SMILES string of the molecule is FC(F)(F)c1cccc(-c2cnc3c(Cl)cn(Cc4cccnn4)c3c2)c1. The fourth-order valence-corrected chi connectivity index (χ4v) is 3.14. The standard InChI is InChI=1S/C19H12ClF3N4/c20-16-11-27(10-15-5-2-6-25-26-15)17-8-13(9-24-18(16)17)12-3-1-4-14(7-12)19(21,22)23/h1-9,11H,10H2. The fraction of sp³-hybridized carbons (Fsp3) is 0.105. The van der Waals surface area contributed by atoms with E-state index in [1.807, 2.05) is 10.6 Å². The molecule has 4 rings (SSSR count). The average Bonchev–Trinajstić information content (AvgIpc) is 2.97. The molecule has 0 aliphatic rings. The number of alkyl halides is 3. The minimum absolute atomic E-state index is 0.421. The van der Waals surface area contributed by atoms with Crippen molar-refractivity contribution in [3.8, 4) is 11.1 Å². The van der Waals surface area contributed by atoms with E-state index < -0.39 is 11.7 Å². The Morgan fingerprint density at radius 3 is 2.63 bits per heavy atom. The van der Waals surface area contributed by atoms with Crippen LogP contribution in [0, 0.1) is 0 Å². The Balaban J connectivity index is 1.79. The zero-order chi connectivity index (χ0) is 19.0. The molecule has 4 nitrogen and oxygen atoms in total. The second-order valence-corrected chi connectivity index (χ2v) is 6.40. The van der Waals surface area contributed by atoms with Crippen LogP contribution in [0.25, 0.3) is 22.2 Å². The van der Waals surface area contributed by atoms with Crippen LogP contribution in [-0.2, 0) is 12.7 Å². The van der Waals surface area contributed by atoms with Gasteiger partial charge < -0.3 is 4.57 Å². The highest BCUT2D eigenvalue weighted by molar-refractivity contribution is 6.35. The molecule has 3 heterocycles. The van der Waals surface area contributed by atoms with E-state index in [2.05, 4.69) is 15.2 Å². The Labute approximate surface area is 157 Å². The number of fused-ring (bicyclic) bond motifs is 1. The van der Waals surface area contributed by atoms with Gasteiger partial charge in [-0.2, -0.15) is 23.4 Å². The highest BCUT2D eigenvalue weighted by Gasteiger charge is 2.30. The first-order chi connectivity index (χ1) is 12.9. The summed E-state index contributed by atoms with van der Waals surface area (Å²) in [5.74, 6) is 0. The van der Waals surface area contributed by atoms with Gasteiger partial charge in [0, 0.05) is 24.2 Å². The number of rotatable bonds is 3. The number of hydrogen-bond donors (Lipinski definition) is 0. The number of aromatic nitrogens is 4. The number of nitrogens with zero attached hydrogens (tertiary/aromatic N) is 4. The van der Waals surface area contributed by atoms with Crippen molar-refractivity contribution >= 4 is 22.6 Å². The summed E-state index contributed by atoms with van der Waals surface area (Å²) in [6, 6.07) is 10.5. The van der Waals surface area contributed by atoms with E-state index in [-0.39, 0.29) is 0 Å². The monoisotopic (exact) mass is 388 g/mol. The Kier molecular flexibility index (Phi) is 4.31. The van der Waals surface area contributed by atoms with Gasteiger partial charge in [-0.05, 0) is 35.9 Å². The zero-order valence-corrected chi connectivity index (χ0v) is 14.5. The Bertz CT molecular complexity index is 1110.